The normalized spacial score (nSPS) is 16.2. The second kappa shape index (κ2) is 7.64. The maximum Gasteiger partial charge on any atom is 0.329 e. The van der Waals surface area contributed by atoms with Gasteiger partial charge in [-0.15, -0.1) is 0 Å². The van der Waals surface area contributed by atoms with E-state index in [2.05, 4.69) is 17.3 Å². The Balaban J connectivity index is 2.42. The molecule has 2 N–H and O–H groups in total. The minimum Gasteiger partial charge on any atom is -0.480 e. The van der Waals surface area contributed by atoms with Gasteiger partial charge in [-0.05, 0) is 40.7 Å². The molecule has 2 amide bonds. The molecule has 1 fully saturated rings. The van der Waals surface area contributed by atoms with E-state index in [1.807, 2.05) is 0 Å². The lowest BCUT2D eigenvalue weighted by atomic mass is 10.0. The van der Waals surface area contributed by atoms with Crippen molar-refractivity contribution in [3.05, 3.63) is 0 Å². The van der Waals surface area contributed by atoms with Crippen LogP contribution in [0.3, 0.4) is 0 Å². The van der Waals surface area contributed by atoms with Crippen LogP contribution in [-0.2, 0) is 4.79 Å². The molecule has 1 rings (SSSR count). The molecule has 0 aromatic carbocycles. The van der Waals surface area contributed by atoms with Gasteiger partial charge in [-0.1, -0.05) is 12.8 Å². The number of rotatable bonds is 7. The predicted octanol–water partition coefficient (Wildman–Crippen LogP) is 1.76. The summed E-state index contributed by atoms with van der Waals surface area (Å²) in [6.07, 6.45) is 5.05. The third-order valence-electron chi connectivity index (χ3n) is 4.45. The van der Waals surface area contributed by atoms with Crippen molar-refractivity contribution in [2.45, 2.75) is 58.0 Å². The van der Waals surface area contributed by atoms with Crippen molar-refractivity contribution in [3.8, 4) is 0 Å². The third-order valence-corrected chi connectivity index (χ3v) is 4.45. The van der Waals surface area contributed by atoms with Gasteiger partial charge in [0.05, 0.1) is 0 Å². The molecule has 1 aliphatic rings. The van der Waals surface area contributed by atoms with Gasteiger partial charge in [0, 0.05) is 25.7 Å². The summed E-state index contributed by atoms with van der Waals surface area (Å²) < 4.78 is 0. The number of hydrogen-bond acceptors (Lipinski definition) is 3. The zero-order chi connectivity index (χ0) is 16.0. The first-order chi connectivity index (χ1) is 9.80. The Kier molecular flexibility index (Phi) is 6.45. The topological polar surface area (TPSA) is 72.9 Å². The van der Waals surface area contributed by atoms with E-state index in [0.717, 1.165) is 6.54 Å². The minimum atomic E-state index is -1.20. The lowest BCUT2D eigenvalue weighted by Crippen LogP contribution is -2.56. The number of nitrogens with zero attached hydrogens (tertiary/aromatic N) is 2. The lowest BCUT2D eigenvalue weighted by molar-refractivity contribution is -0.147. The average Bonchev–Trinajstić information content (AvgIpc) is 2.92. The molecule has 0 aromatic heterocycles. The molecule has 0 aromatic rings. The SMILES string of the molecule is CCN(C(=O)NCCN(C)C1CCCC1)C(C)(C)C(=O)O. The molecule has 122 valence electrons. The highest BCUT2D eigenvalue weighted by Gasteiger charge is 2.36. The van der Waals surface area contributed by atoms with Crippen LogP contribution in [0.1, 0.15) is 46.5 Å². The van der Waals surface area contributed by atoms with Gasteiger partial charge in [0.1, 0.15) is 5.54 Å². The van der Waals surface area contributed by atoms with Crippen molar-refractivity contribution in [3.63, 3.8) is 0 Å². The number of likely N-dealkylation sites (N-methyl/N-ethyl adjacent to an activating group) is 2. The molecule has 6 nitrogen and oxygen atoms in total. The van der Waals surface area contributed by atoms with E-state index in [-0.39, 0.29) is 6.03 Å². The average molecular weight is 299 g/mol. The van der Waals surface area contributed by atoms with Crippen molar-refractivity contribution in [1.29, 1.82) is 0 Å². The van der Waals surface area contributed by atoms with Crippen molar-refractivity contribution in [2.75, 3.05) is 26.7 Å². The molecule has 0 aliphatic heterocycles. The van der Waals surface area contributed by atoms with Crippen molar-refractivity contribution < 1.29 is 14.7 Å². The van der Waals surface area contributed by atoms with Gasteiger partial charge in [-0.3, -0.25) is 0 Å². The fraction of sp³-hybridized carbons (Fsp3) is 0.867. The summed E-state index contributed by atoms with van der Waals surface area (Å²) in [4.78, 5) is 27.0. The van der Waals surface area contributed by atoms with Gasteiger partial charge in [0.2, 0.25) is 0 Å². The van der Waals surface area contributed by atoms with Gasteiger partial charge < -0.3 is 20.2 Å². The summed E-state index contributed by atoms with van der Waals surface area (Å²) in [6.45, 7) is 6.57. The predicted molar refractivity (Wildman–Crippen MR) is 82.4 cm³/mol. The maximum atomic E-state index is 12.2. The van der Waals surface area contributed by atoms with Gasteiger partial charge in [-0.25, -0.2) is 9.59 Å². The highest BCUT2D eigenvalue weighted by Crippen LogP contribution is 2.21. The number of amides is 2. The van der Waals surface area contributed by atoms with Crippen LogP contribution in [0.4, 0.5) is 4.79 Å². The number of carboxylic acids is 1. The number of nitrogens with one attached hydrogen (secondary N) is 1. The van der Waals surface area contributed by atoms with Crippen LogP contribution in [0.15, 0.2) is 0 Å². The number of carbonyl (C=O) groups excluding carboxylic acids is 1. The number of hydrogen-bond donors (Lipinski definition) is 2. The number of urea groups is 1. The number of carboxylic acid groups (broad SMARTS) is 1. The fourth-order valence-electron chi connectivity index (χ4n) is 2.87. The molecule has 1 aliphatic carbocycles. The number of carbonyl (C=O) groups is 2. The Morgan fingerprint density at radius 2 is 1.86 bits per heavy atom. The summed E-state index contributed by atoms with van der Waals surface area (Å²) in [5.74, 6) is -0.998. The van der Waals surface area contributed by atoms with Crippen LogP contribution in [0.2, 0.25) is 0 Å². The van der Waals surface area contributed by atoms with Crippen LogP contribution >= 0.6 is 0 Å². The van der Waals surface area contributed by atoms with E-state index in [1.54, 1.807) is 20.8 Å². The third kappa shape index (κ3) is 4.59. The highest BCUT2D eigenvalue weighted by atomic mass is 16.4. The second-order valence-electron chi connectivity index (χ2n) is 6.26. The molecule has 21 heavy (non-hydrogen) atoms. The second-order valence-corrected chi connectivity index (χ2v) is 6.26. The Morgan fingerprint density at radius 3 is 2.33 bits per heavy atom. The summed E-state index contributed by atoms with van der Waals surface area (Å²) in [6, 6.07) is 0.310. The summed E-state index contributed by atoms with van der Waals surface area (Å²) in [5, 5.41) is 12.0. The monoisotopic (exact) mass is 299 g/mol. The van der Waals surface area contributed by atoms with E-state index < -0.39 is 11.5 Å². The van der Waals surface area contributed by atoms with Crippen LogP contribution in [-0.4, -0.2) is 65.2 Å². The zero-order valence-corrected chi connectivity index (χ0v) is 13.7. The van der Waals surface area contributed by atoms with Gasteiger partial charge >= 0.3 is 12.0 Å². The van der Waals surface area contributed by atoms with E-state index in [1.165, 1.54) is 30.6 Å². The standard InChI is InChI=1S/C15H29N3O3/c1-5-18(15(2,3)13(19)20)14(21)16-10-11-17(4)12-8-6-7-9-12/h12H,5-11H2,1-4H3,(H,16,21)(H,19,20). The summed E-state index contributed by atoms with van der Waals surface area (Å²) in [7, 11) is 2.08. The van der Waals surface area contributed by atoms with Crippen LogP contribution in [0.5, 0.6) is 0 Å². The lowest BCUT2D eigenvalue weighted by Gasteiger charge is -2.34. The van der Waals surface area contributed by atoms with Crippen LogP contribution in [0, 0.1) is 0 Å². The Hall–Kier alpha value is -1.30. The largest absolute Gasteiger partial charge is 0.480 e. The molecule has 1 saturated carbocycles. The van der Waals surface area contributed by atoms with Gasteiger partial charge in [-0.2, -0.15) is 0 Å². The Labute approximate surface area is 127 Å². The van der Waals surface area contributed by atoms with Crippen LogP contribution < -0.4 is 5.32 Å². The summed E-state index contributed by atoms with van der Waals surface area (Å²) >= 11 is 0. The van der Waals surface area contributed by atoms with E-state index >= 15 is 0 Å². The van der Waals surface area contributed by atoms with Crippen molar-refractivity contribution in [1.82, 2.24) is 15.1 Å². The first-order valence-corrected chi connectivity index (χ1v) is 7.79. The van der Waals surface area contributed by atoms with Crippen molar-refractivity contribution in [2.24, 2.45) is 0 Å². The molecule has 0 atom stereocenters. The highest BCUT2D eigenvalue weighted by molar-refractivity contribution is 5.85. The van der Waals surface area contributed by atoms with Gasteiger partial charge in [0.25, 0.3) is 0 Å². The molecule has 0 bridgehead atoms. The Morgan fingerprint density at radius 1 is 1.29 bits per heavy atom. The smallest absolute Gasteiger partial charge is 0.329 e. The zero-order valence-electron chi connectivity index (χ0n) is 13.7. The van der Waals surface area contributed by atoms with Crippen molar-refractivity contribution >= 4 is 12.0 Å². The first kappa shape index (κ1) is 17.8. The van der Waals surface area contributed by atoms with E-state index in [0.29, 0.717) is 19.1 Å². The molecule has 0 saturated heterocycles. The molecular weight excluding hydrogens is 270 g/mol. The quantitative estimate of drug-likeness (QED) is 0.751. The summed E-state index contributed by atoms with van der Waals surface area (Å²) in [5.41, 5.74) is -1.20. The molecule has 0 unspecified atom stereocenters. The molecule has 0 radical (unpaired) electrons. The van der Waals surface area contributed by atoms with Gasteiger partial charge in [0.15, 0.2) is 0 Å². The Bertz CT molecular complexity index is 365. The molecule has 0 heterocycles. The molecule has 0 spiro atoms. The number of aliphatic carboxylic acids is 1. The molecular formula is C15H29N3O3. The minimum absolute atomic E-state index is 0.315. The van der Waals surface area contributed by atoms with E-state index in [4.69, 9.17) is 0 Å². The maximum absolute atomic E-state index is 12.2. The van der Waals surface area contributed by atoms with Crippen LogP contribution in [0.25, 0.3) is 0 Å². The fourth-order valence-corrected chi connectivity index (χ4v) is 2.87. The first-order valence-electron chi connectivity index (χ1n) is 7.79. The van der Waals surface area contributed by atoms with E-state index in [9.17, 15) is 14.7 Å². The molecule has 6 heteroatoms.